The number of methoxy groups -OCH3 is 1. The van der Waals surface area contributed by atoms with E-state index in [1.54, 1.807) is 4.90 Å². The van der Waals surface area contributed by atoms with Gasteiger partial charge in [-0.3, -0.25) is 4.90 Å². The number of hydrogen-bond donors (Lipinski definition) is 0. The molecule has 0 bridgehead atoms. The normalized spacial score (nSPS) is 22.8. The third-order valence-corrected chi connectivity index (χ3v) is 3.71. The summed E-state index contributed by atoms with van der Waals surface area (Å²) in [6, 6.07) is -0.446. The second kappa shape index (κ2) is 7.66. The molecule has 1 amide bonds. The molecule has 0 unspecified atom stereocenters. The Balaban J connectivity index is 2.92. The molecule has 0 spiro atoms. The Hall–Kier alpha value is -1.26. The quantitative estimate of drug-likeness (QED) is 0.745. The van der Waals surface area contributed by atoms with Crippen molar-refractivity contribution >= 4 is 12.1 Å². The molecule has 5 nitrogen and oxygen atoms in total. The third-order valence-electron chi connectivity index (χ3n) is 3.71. The summed E-state index contributed by atoms with van der Waals surface area (Å²) in [4.78, 5) is 26.1. The maximum absolute atomic E-state index is 12.5. The zero-order valence-electron chi connectivity index (χ0n) is 14.0. The molecular formula is C16H29NO4. The van der Waals surface area contributed by atoms with Crippen molar-refractivity contribution in [1.29, 1.82) is 0 Å². The summed E-state index contributed by atoms with van der Waals surface area (Å²) in [7, 11) is 1.37. The Morgan fingerprint density at radius 1 is 1.24 bits per heavy atom. The SMILES string of the molecule is CCCC[C@@H]1CCC[C@@H](C(=O)OC)N1C(=O)OC(C)(C)C. The van der Waals surface area contributed by atoms with E-state index < -0.39 is 17.7 Å². The molecule has 1 rings (SSSR count). The van der Waals surface area contributed by atoms with Gasteiger partial charge in [0, 0.05) is 6.04 Å². The van der Waals surface area contributed by atoms with Crippen LogP contribution in [0.15, 0.2) is 0 Å². The molecule has 0 aliphatic carbocycles. The van der Waals surface area contributed by atoms with Gasteiger partial charge >= 0.3 is 12.1 Å². The van der Waals surface area contributed by atoms with Gasteiger partial charge in [-0.1, -0.05) is 19.8 Å². The maximum Gasteiger partial charge on any atom is 0.411 e. The molecule has 0 aromatic carbocycles. The molecule has 122 valence electrons. The van der Waals surface area contributed by atoms with Gasteiger partial charge in [-0.05, 0) is 46.5 Å². The first-order chi connectivity index (χ1) is 9.80. The van der Waals surface area contributed by atoms with Gasteiger partial charge in [-0.15, -0.1) is 0 Å². The van der Waals surface area contributed by atoms with Crippen molar-refractivity contribution < 1.29 is 19.1 Å². The van der Waals surface area contributed by atoms with Crippen LogP contribution in [0.2, 0.25) is 0 Å². The van der Waals surface area contributed by atoms with E-state index in [-0.39, 0.29) is 12.0 Å². The highest BCUT2D eigenvalue weighted by Crippen LogP contribution is 2.29. The molecule has 1 saturated heterocycles. The minimum atomic E-state index is -0.565. The van der Waals surface area contributed by atoms with Gasteiger partial charge in [-0.2, -0.15) is 0 Å². The molecule has 0 aromatic heterocycles. The number of likely N-dealkylation sites (tertiary alicyclic amines) is 1. The van der Waals surface area contributed by atoms with E-state index in [1.165, 1.54) is 7.11 Å². The average molecular weight is 299 g/mol. The van der Waals surface area contributed by atoms with Gasteiger partial charge in [0.05, 0.1) is 7.11 Å². The van der Waals surface area contributed by atoms with Crippen LogP contribution in [0.1, 0.15) is 66.2 Å². The molecule has 0 aromatic rings. The number of hydrogen-bond acceptors (Lipinski definition) is 4. The number of ether oxygens (including phenoxy) is 2. The number of unbranched alkanes of at least 4 members (excludes halogenated alkanes) is 1. The lowest BCUT2D eigenvalue weighted by Gasteiger charge is -2.41. The molecule has 1 aliphatic rings. The fraction of sp³-hybridized carbons (Fsp3) is 0.875. The minimum absolute atomic E-state index is 0.0673. The summed E-state index contributed by atoms with van der Waals surface area (Å²) in [5, 5.41) is 0. The molecule has 1 heterocycles. The van der Waals surface area contributed by atoms with Crippen molar-refractivity contribution in [2.75, 3.05) is 7.11 Å². The van der Waals surface area contributed by atoms with Crippen LogP contribution in [-0.2, 0) is 14.3 Å². The number of carbonyl (C=O) groups excluding carboxylic acids is 2. The van der Waals surface area contributed by atoms with Gasteiger partial charge in [0.25, 0.3) is 0 Å². The summed E-state index contributed by atoms with van der Waals surface area (Å²) < 4.78 is 10.4. The smallest absolute Gasteiger partial charge is 0.411 e. The highest BCUT2D eigenvalue weighted by molar-refractivity contribution is 5.82. The van der Waals surface area contributed by atoms with Crippen LogP contribution in [0.25, 0.3) is 0 Å². The lowest BCUT2D eigenvalue weighted by atomic mass is 9.92. The minimum Gasteiger partial charge on any atom is -0.467 e. The molecule has 5 heteroatoms. The number of piperidine rings is 1. The summed E-state index contributed by atoms with van der Waals surface area (Å²) >= 11 is 0. The second-order valence-corrected chi connectivity index (χ2v) is 6.65. The van der Waals surface area contributed by atoms with Gasteiger partial charge in [-0.25, -0.2) is 9.59 Å². The fourth-order valence-electron chi connectivity index (χ4n) is 2.76. The van der Waals surface area contributed by atoms with Crippen LogP contribution in [-0.4, -0.2) is 41.8 Å². The van der Waals surface area contributed by atoms with Gasteiger partial charge in [0.1, 0.15) is 11.6 Å². The van der Waals surface area contributed by atoms with Gasteiger partial charge in [0.15, 0.2) is 0 Å². The van der Waals surface area contributed by atoms with E-state index in [4.69, 9.17) is 9.47 Å². The summed E-state index contributed by atoms with van der Waals surface area (Å²) in [5.41, 5.74) is -0.565. The number of esters is 1. The van der Waals surface area contributed by atoms with E-state index in [0.717, 1.165) is 32.1 Å². The van der Waals surface area contributed by atoms with Gasteiger partial charge < -0.3 is 9.47 Å². The number of nitrogens with zero attached hydrogens (tertiary/aromatic N) is 1. The highest BCUT2D eigenvalue weighted by atomic mass is 16.6. The van der Waals surface area contributed by atoms with Crippen molar-refractivity contribution in [1.82, 2.24) is 4.90 Å². The highest BCUT2D eigenvalue weighted by Gasteiger charge is 2.40. The van der Waals surface area contributed by atoms with Crippen molar-refractivity contribution in [2.24, 2.45) is 0 Å². The van der Waals surface area contributed by atoms with Crippen LogP contribution >= 0.6 is 0 Å². The molecule has 0 N–H and O–H groups in total. The zero-order valence-corrected chi connectivity index (χ0v) is 14.0. The number of carbonyl (C=O) groups is 2. The monoisotopic (exact) mass is 299 g/mol. The molecule has 1 fully saturated rings. The van der Waals surface area contributed by atoms with Crippen LogP contribution in [0.4, 0.5) is 4.79 Å². The predicted octanol–water partition coefficient (Wildman–Crippen LogP) is 3.51. The first kappa shape index (κ1) is 17.8. The average Bonchev–Trinajstić information content (AvgIpc) is 2.41. The topological polar surface area (TPSA) is 55.8 Å². The van der Waals surface area contributed by atoms with E-state index in [1.807, 2.05) is 20.8 Å². The summed E-state index contributed by atoms with van der Waals surface area (Å²) in [6.07, 6.45) is 5.12. The van der Waals surface area contributed by atoms with Crippen LogP contribution in [0.3, 0.4) is 0 Å². The lowest BCUT2D eigenvalue weighted by molar-refractivity contribution is -0.149. The fourth-order valence-corrected chi connectivity index (χ4v) is 2.76. The summed E-state index contributed by atoms with van der Waals surface area (Å²) in [6.45, 7) is 7.63. The van der Waals surface area contributed by atoms with Crippen molar-refractivity contribution in [3.8, 4) is 0 Å². The Labute approximate surface area is 128 Å². The lowest BCUT2D eigenvalue weighted by Crippen LogP contribution is -2.54. The molecule has 0 saturated carbocycles. The van der Waals surface area contributed by atoms with Gasteiger partial charge in [0.2, 0.25) is 0 Å². The molecule has 2 atom stereocenters. The van der Waals surface area contributed by atoms with E-state index in [2.05, 4.69) is 6.92 Å². The number of rotatable bonds is 4. The standard InChI is InChI=1S/C16H29NO4/c1-6-7-9-12-10-8-11-13(14(18)20-5)17(12)15(19)21-16(2,3)4/h12-13H,6-11H2,1-5H3/t12-,13+/m1/s1. The van der Waals surface area contributed by atoms with E-state index >= 15 is 0 Å². The largest absolute Gasteiger partial charge is 0.467 e. The first-order valence-electron chi connectivity index (χ1n) is 7.89. The van der Waals surface area contributed by atoms with Crippen molar-refractivity contribution in [2.45, 2.75) is 83.9 Å². The third kappa shape index (κ3) is 5.21. The van der Waals surface area contributed by atoms with Crippen LogP contribution < -0.4 is 0 Å². The van der Waals surface area contributed by atoms with E-state index in [0.29, 0.717) is 6.42 Å². The summed E-state index contributed by atoms with van der Waals surface area (Å²) in [5.74, 6) is -0.345. The zero-order chi connectivity index (χ0) is 16.0. The first-order valence-corrected chi connectivity index (χ1v) is 7.89. The van der Waals surface area contributed by atoms with Crippen molar-refractivity contribution in [3.05, 3.63) is 0 Å². The predicted molar refractivity (Wildman–Crippen MR) is 81.0 cm³/mol. The maximum atomic E-state index is 12.5. The molecule has 0 radical (unpaired) electrons. The number of amides is 1. The van der Waals surface area contributed by atoms with Crippen molar-refractivity contribution in [3.63, 3.8) is 0 Å². The van der Waals surface area contributed by atoms with E-state index in [9.17, 15) is 9.59 Å². The van der Waals surface area contributed by atoms with Crippen LogP contribution in [0.5, 0.6) is 0 Å². The Kier molecular flexibility index (Phi) is 6.49. The Morgan fingerprint density at radius 3 is 2.43 bits per heavy atom. The Bertz CT molecular complexity index is 362. The Morgan fingerprint density at radius 2 is 1.90 bits per heavy atom. The molecule has 21 heavy (non-hydrogen) atoms. The van der Waals surface area contributed by atoms with Crippen LogP contribution in [0, 0.1) is 0 Å². The molecular weight excluding hydrogens is 270 g/mol. The second-order valence-electron chi connectivity index (χ2n) is 6.65. The molecule has 1 aliphatic heterocycles.